The van der Waals surface area contributed by atoms with Crippen LogP contribution in [-0.4, -0.2) is 24.1 Å². The van der Waals surface area contributed by atoms with Gasteiger partial charge in [0.1, 0.15) is 23.9 Å². The van der Waals surface area contributed by atoms with Crippen molar-refractivity contribution in [3.05, 3.63) is 70.8 Å². The summed E-state index contributed by atoms with van der Waals surface area (Å²) in [6.07, 6.45) is 5.71. The molecule has 0 aliphatic carbocycles. The smallest absolute Gasteiger partial charge is 0.338 e. The molecule has 0 aromatic heterocycles. The number of rotatable bonds is 10. The normalized spacial score (nSPS) is 11.2. The predicted octanol–water partition coefficient (Wildman–Crippen LogP) is 6.18. The summed E-state index contributed by atoms with van der Waals surface area (Å²) in [6.45, 7) is 4.30. The van der Waals surface area contributed by atoms with Crippen molar-refractivity contribution in [2.45, 2.75) is 30.9 Å². The standard InChI is InChI=1S/C24H26Cl3NO5/c1-16(2)5-12-20-21(30-3)13-8-18(9-14-22(29)28-31-4)23(20)32-15-17-6-10-19(11-7-17)33-24(25,26)27/h5-11,13-14H,12,15H2,1-4H3,(H,28,29)/b14-9+. The number of hydroxylamine groups is 1. The minimum Gasteiger partial charge on any atom is -0.496 e. The van der Waals surface area contributed by atoms with E-state index in [0.717, 1.165) is 22.3 Å². The molecule has 1 N–H and O–H groups in total. The van der Waals surface area contributed by atoms with E-state index < -0.39 is 9.89 Å². The Morgan fingerprint density at radius 2 is 1.76 bits per heavy atom. The number of ether oxygens (including phenoxy) is 3. The first-order valence-corrected chi connectivity index (χ1v) is 11.1. The fourth-order valence-electron chi connectivity index (χ4n) is 2.86. The zero-order chi connectivity index (χ0) is 24.4. The van der Waals surface area contributed by atoms with Crippen LogP contribution in [0.5, 0.6) is 17.2 Å². The zero-order valence-corrected chi connectivity index (χ0v) is 21.1. The van der Waals surface area contributed by atoms with Gasteiger partial charge in [-0.25, -0.2) is 5.48 Å². The van der Waals surface area contributed by atoms with E-state index in [0.29, 0.717) is 23.7 Å². The van der Waals surface area contributed by atoms with Gasteiger partial charge in [0.2, 0.25) is 0 Å². The Hall–Kier alpha value is -2.38. The lowest BCUT2D eigenvalue weighted by atomic mass is 10.0. The third-order valence-electron chi connectivity index (χ3n) is 4.34. The van der Waals surface area contributed by atoms with E-state index in [1.54, 1.807) is 25.3 Å². The van der Waals surface area contributed by atoms with Crippen LogP contribution in [0.2, 0.25) is 0 Å². The van der Waals surface area contributed by atoms with Gasteiger partial charge in [-0.15, -0.1) is 0 Å². The van der Waals surface area contributed by atoms with Crippen molar-refractivity contribution >= 4 is 46.8 Å². The second-order valence-corrected chi connectivity index (χ2v) is 9.31. The highest BCUT2D eigenvalue weighted by Crippen LogP contribution is 2.35. The van der Waals surface area contributed by atoms with Crippen LogP contribution in [0.15, 0.2) is 54.1 Å². The zero-order valence-electron chi connectivity index (χ0n) is 18.8. The van der Waals surface area contributed by atoms with Gasteiger partial charge in [-0.05, 0) is 91.0 Å². The fraction of sp³-hybridized carbons (Fsp3) is 0.292. The molecule has 178 valence electrons. The number of halogens is 3. The van der Waals surface area contributed by atoms with Crippen molar-refractivity contribution in [3.63, 3.8) is 0 Å². The SMILES string of the molecule is CONC(=O)/C=C/c1ccc(OC)c(CC=C(C)C)c1OCc1ccc(OC(Cl)(Cl)Cl)cc1. The molecule has 0 aliphatic rings. The molecule has 0 spiro atoms. The van der Waals surface area contributed by atoms with Crippen molar-refractivity contribution in [2.75, 3.05) is 14.2 Å². The van der Waals surface area contributed by atoms with Gasteiger partial charge >= 0.3 is 3.98 Å². The molecule has 0 unspecified atom stereocenters. The number of benzene rings is 2. The molecule has 2 rings (SSSR count). The van der Waals surface area contributed by atoms with Gasteiger partial charge in [-0.2, -0.15) is 0 Å². The summed E-state index contributed by atoms with van der Waals surface area (Å²) in [4.78, 5) is 16.5. The molecule has 0 heterocycles. The first kappa shape index (κ1) is 26.9. The maximum absolute atomic E-state index is 11.8. The maximum Gasteiger partial charge on any atom is 0.338 e. The molecule has 1 amide bonds. The molecule has 2 aromatic carbocycles. The number of alkyl halides is 3. The van der Waals surface area contributed by atoms with E-state index in [4.69, 9.17) is 49.0 Å². The Bertz CT molecular complexity index is 994. The quantitative estimate of drug-likeness (QED) is 0.177. The second-order valence-electron chi connectivity index (χ2n) is 7.13. The average molecular weight is 515 g/mol. The summed E-state index contributed by atoms with van der Waals surface area (Å²) in [5.74, 6) is 1.31. The third-order valence-corrected chi connectivity index (χ3v) is 4.57. The molecule has 0 saturated heterocycles. The monoisotopic (exact) mass is 513 g/mol. The van der Waals surface area contributed by atoms with Gasteiger partial charge in [-0.3, -0.25) is 9.63 Å². The molecule has 0 bridgehead atoms. The van der Waals surface area contributed by atoms with E-state index >= 15 is 0 Å². The largest absolute Gasteiger partial charge is 0.496 e. The first-order valence-electron chi connectivity index (χ1n) is 9.94. The number of nitrogens with one attached hydrogen (secondary N) is 1. The van der Waals surface area contributed by atoms with Crippen molar-refractivity contribution in [2.24, 2.45) is 0 Å². The Morgan fingerprint density at radius 3 is 2.33 bits per heavy atom. The fourth-order valence-corrected chi connectivity index (χ4v) is 3.13. The van der Waals surface area contributed by atoms with E-state index in [1.165, 1.54) is 13.2 Å². The molecular weight excluding hydrogens is 489 g/mol. The van der Waals surface area contributed by atoms with Crippen LogP contribution >= 0.6 is 34.8 Å². The van der Waals surface area contributed by atoms with Crippen LogP contribution in [0.3, 0.4) is 0 Å². The summed E-state index contributed by atoms with van der Waals surface area (Å²) >= 11 is 17.0. The third kappa shape index (κ3) is 9.18. The van der Waals surface area contributed by atoms with Crippen LogP contribution in [-0.2, 0) is 22.7 Å². The summed E-state index contributed by atoms with van der Waals surface area (Å²) in [5, 5.41) is 0. The summed E-state index contributed by atoms with van der Waals surface area (Å²) < 4.78 is 15.1. The highest BCUT2D eigenvalue weighted by molar-refractivity contribution is 6.66. The highest BCUT2D eigenvalue weighted by Gasteiger charge is 2.21. The van der Waals surface area contributed by atoms with E-state index in [2.05, 4.69) is 16.4 Å². The number of carbonyl (C=O) groups is 1. The van der Waals surface area contributed by atoms with Gasteiger partial charge in [0.15, 0.2) is 0 Å². The van der Waals surface area contributed by atoms with Crippen molar-refractivity contribution in [1.29, 1.82) is 0 Å². The predicted molar refractivity (Wildman–Crippen MR) is 132 cm³/mol. The van der Waals surface area contributed by atoms with Gasteiger partial charge in [0.25, 0.3) is 5.91 Å². The van der Waals surface area contributed by atoms with Crippen molar-refractivity contribution in [1.82, 2.24) is 5.48 Å². The van der Waals surface area contributed by atoms with E-state index in [1.807, 2.05) is 38.1 Å². The Kier molecular flexibility index (Phi) is 10.4. The molecule has 0 radical (unpaired) electrons. The summed E-state index contributed by atoms with van der Waals surface area (Å²) in [5.41, 5.74) is 5.86. The number of carbonyl (C=O) groups excluding carboxylic acids is 1. The number of amides is 1. The molecule has 6 nitrogen and oxygen atoms in total. The minimum atomic E-state index is -1.84. The molecule has 0 saturated carbocycles. The van der Waals surface area contributed by atoms with Crippen molar-refractivity contribution < 1.29 is 23.8 Å². The van der Waals surface area contributed by atoms with E-state index in [9.17, 15) is 4.79 Å². The Labute approximate surface area is 209 Å². The Balaban J connectivity index is 2.35. The summed E-state index contributed by atoms with van der Waals surface area (Å²) in [7, 11) is 2.98. The number of allylic oxidation sites excluding steroid dienone is 2. The molecular formula is C24H26Cl3NO5. The van der Waals surface area contributed by atoms with Gasteiger partial charge in [-0.1, -0.05) is 23.8 Å². The highest BCUT2D eigenvalue weighted by atomic mass is 35.6. The lowest BCUT2D eigenvalue weighted by Crippen LogP contribution is -2.18. The molecule has 9 heteroatoms. The average Bonchev–Trinajstić information content (AvgIpc) is 2.75. The topological polar surface area (TPSA) is 66.0 Å². The van der Waals surface area contributed by atoms with Gasteiger partial charge in [0, 0.05) is 17.2 Å². The van der Waals surface area contributed by atoms with Crippen LogP contribution in [0.4, 0.5) is 0 Å². The molecule has 0 atom stereocenters. The Morgan fingerprint density at radius 1 is 1.06 bits per heavy atom. The molecule has 33 heavy (non-hydrogen) atoms. The number of hydrogen-bond donors (Lipinski definition) is 1. The number of hydrogen-bond acceptors (Lipinski definition) is 5. The van der Waals surface area contributed by atoms with Crippen LogP contribution in [0, 0.1) is 0 Å². The molecule has 0 aliphatic heterocycles. The number of methoxy groups -OCH3 is 1. The first-order chi connectivity index (χ1) is 15.6. The van der Waals surface area contributed by atoms with Gasteiger partial charge in [0.05, 0.1) is 14.2 Å². The lowest BCUT2D eigenvalue weighted by molar-refractivity contribution is -0.126. The molecule has 2 aromatic rings. The van der Waals surface area contributed by atoms with E-state index in [-0.39, 0.29) is 6.61 Å². The minimum absolute atomic E-state index is 0.258. The van der Waals surface area contributed by atoms with Crippen LogP contribution < -0.4 is 19.7 Å². The van der Waals surface area contributed by atoms with Crippen LogP contribution in [0.25, 0.3) is 6.08 Å². The van der Waals surface area contributed by atoms with Crippen molar-refractivity contribution in [3.8, 4) is 17.2 Å². The second kappa shape index (κ2) is 12.8. The van der Waals surface area contributed by atoms with Gasteiger partial charge < -0.3 is 14.2 Å². The summed E-state index contributed by atoms with van der Waals surface area (Å²) in [6, 6.07) is 10.7. The molecule has 0 fully saturated rings. The maximum atomic E-state index is 11.8. The van der Waals surface area contributed by atoms with Crippen LogP contribution in [0.1, 0.15) is 30.5 Å². The lowest BCUT2D eigenvalue weighted by Gasteiger charge is -2.18.